The van der Waals surface area contributed by atoms with Gasteiger partial charge in [-0.2, -0.15) is 0 Å². The standard InChI is InChI=1S/C19H26N2O5S/c1-6-12(2)20-18(22)11-27(23)10-15-13(3)26-19(21-15)14-7-8-16(24-4)17(9-14)25-5/h7-9,12H,6,10-11H2,1-5H3,(H,20,22)/t12-,27-/m0/s1. The number of benzene rings is 1. The van der Waals surface area contributed by atoms with E-state index in [0.29, 0.717) is 28.8 Å². The van der Waals surface area contributed by atoms with Gasteiger partial charge in [0.25, 0.3) is 0 Å². The summed E-state index contributed by atoms with van der Waals surface area (Å²) in [5.74, 6) is 2.05. The largest absolute Gasteiger partial charge is 0.493 e. The van der Waals surface area contributed by atoms with E-state index in [-0.39, 0.29) is 23.5 Å². The number of ether oxygens (including phenoxy) is 2. The predicted octanol–water partition coefficient (Wildman–Crippen LogP) is 2.83. The van der Waals surface area contributed by atoms with Crippen LogP contribution in [0.25, 0.3) is 11.5 Å². The van der Waals surface area contributed by atoms with Crippen LogP contribution in [-0.4, -0.2) is 41.1 Å². The molecule has 2 aromatic rings. The van der Waals surface area contributed by atoms with Crippen LogP contribution >= 0.6 is 0 Å². The first-order valence-electron chi connectivity index (χ1n) is 8.70. The van der Waals surface area contributed by atoms with Gasteiger partial charge >= 0.3 is 0 Å². The highest BCUT2D eigenvalue weighted by Crippen LogP contribution is 2.32. The Morgan fingerprint density at radius 3 is 2.63 bits per heavy atom. The summed E-state index contributed by atoms with van der Waals surface area (Å²) in [5, 5.41) is 2.81. The fourth-order valence-corrected chi connectivity index (χ4v) is 3.47. The van der Waals surface area contributed by atoms with Crippen molar-refractivity contribution < 1.29 is 22.9 Å². The number of hydrogen-bond donors (Lipinski definition) is 1. The zero-order valence-electron chi connectivity index (χ0n) is 16.3. The molecule has 2 atom stereocenters. The van der Waals surface area contributed by atoms with Gasteiger partial charge in [0.1, 0.15) is 11.5 Å². The number of carbonyl (C=O) groups excluding carboxylic acids is 1. The molecule has 0 aliphatic carbocycles. The van der Waals surface area contributed by atoms with Gasteiger partial charge in [-0.1, -0.05) is 6.92 Å². The average Bonchev–Trinajstić information content (AvgIpc) is 3.00. The summed E-state index contributed by atoms with van der Waals surface area (Å²) in [5.41, 5.74) is 1.30. The highest BCUT2D eigenvalue weighted by Gasteiger charge is 2.17. The van der Waals surface area contributed by atoms with E-state index in [1.54, 1.807) is 33.3 Å². The summed E-state index contributed by atoms with van der Waals surface area (Å²) in [6.07, 6.45) is 0.829. The van der Waals surface area contributed by atoms with Crippen LogP contribution in [-0.2, 0) is 21.3 Å². The van der Waals surface area contributed by atoms with Crippen molar-refractivity contribution in [1.29, 1.82) is 0 Å². The summed E-state index contributed by atoms with van der Waals surface area (Å²) in [6, 6.07) is 5.42. The topological polar surface area (TPSA) is 90.7 Å². The second kappa shape index (κ2) is 9.55. The average molecular weight is 394 g/mol. The molecule has 0 saturated heterocycles. The van der Waals surface area contributed by atoms with Crippen molar-refractivity contribution >= 4 is 16.7 Å². The van der Waals surface area contributed by atoms with Crippen molar-refractivity contribution in [3.8, 4) is 23.0 Å². The van der Waals surface area contributed by atoms with Crippen LogP contribution in [0, 0.1) is 6.92 Å². The smallest absolute Gasteiger partial charge is 0.232 e. The first kappa shape index (κ1) is 21.0. The molecular weight excluding hydrogens is 368 g/mol. The maximum Gasteiger partial charge on any atom is 0.232 e. The lowest BCUT2D eigenvalue weighted by atomic mass is 10.2. The number of aromatic nitrogens is 1. The fourth-order valence-electron chi connectivity index (χ4n) is 2.42. The monoisotopic (exact) mass is 394 g/mol. The van der Waals surface area contributed by atoms with E-state index < -0.39 is 10.8 Å². The van der Waals surface area contributed by atoms with E-state index in [1.165, 1.54) is 0 Å². The Balaban J connectivity index is 2.10. The Labute approximate surface area is 161 Å². The predicted molar refractivity (Wildman–Crippen MR) is 104 cm³/mol. The van der Waals surface area contributed by atoms with Gasteiger partial charge < -0.3 is 19.2 Å². The summed E-state index contributed by atoms with van der Waals surface area (Å²) in [4.78, 5) is 16.3. The molecule has 0 fully saturated rings. The molecule has 1 N–H and O–H groups in total. The second-order valence-corrected chi connectivity index (χ2v) is 7.65. The SMILES string of the molecule is CC[C@H](C)NC(=O)C[S@@](=O)Cc1nc(-c2ccc(OC)c(OC)c2)oc1C. The van der Waals surface area contributed by atoms with Gasteiger partial charge in [-0.15, -0.1) is 0 Å². The maximum absolute atomic E-state index is 12.3. The molecule has 0 aliphatic rings. The first-order chi connectivity index (χ1) is 12.9. The minimum absolute atomic E-state index is 0.0532. The number of oxazole rings is 1. The molecule has 1 aromatic heterocycles. The number of hydrogen-bond acceptors (Lipinski definition) is 6. The van der Waals surface area contributed by atoms with Crippen LogP contribution < -0.4 is 14.8 Å². The van der Waals surface area contributed by atoms with Gasteiger partial charge in [0.15, 0.2) is 11.5 Å². The molecule has 0 bridgehead atoms. The molecule has 0 radical (unpaired) electrons. The lowest BCUT2D eigenvalue weighted by Crippen LogP contribution is -2.35. The van der Waals surface area contributed by atoms with Crippen LogP contribution in [0.1, 0.15) is 31.7 Å². The zero-order chi connectivity index (χ0) is 20.0. The molecule has 0 aliphatic heterocycles. The lowest BCUT2D eigenvalue weighted by Gasteiger charge is -2.10. The lowest BCUT2D eigenvalue weighted by molar-refractivity contribution is -0.119. The first-order valence-corrected chi connectivity index (χ1v) is 10.2. The van der Waals surface area contributed by atoms with Crippen molar-refractivity contribution in [2.24, 2.45) is 0 Å². The van der Waals surface area contributed by atoms with Gasteiger partial charge in [-0.05, 0) is 38.5 Å². The van der Waals surface area contributed by atoms with E-state index in [1.807, 2.05) is 19.9 Å². The molecule has 27 heavy (non-hydrogen) atoms. The quantitative estimate of drug-likeness (QED) is 0.703. The molecule has 0 spiro atoms. The highest BCUT2D eigenvalue weighted by atomic mass is 32.2. The molecule has 0 unspecified atom stereocenters. The number of amides is 1. The number of nitrogens with one attached hydrogen (secondary N) is 1. The summed E-state index contributed by atoms with van der Waals surface area (Å²) in [7, 11) is 1.76. The van der Waals surface area contributed by atoms with Gasteiger partial charge in [0.05, 0.1) is 25.7 Å². The Hall–Kier alpha value is -2.35. The van der Waals surface area contributed by atoms with Crippen LogP contribution in [0.2, 0.25) is 0 Å². The molecule has 8 heteroatoms. The van der Waals surface area contributed by atoms with Crippen molar-refractivity contribution in [2.75, 3.05) is 20.0 Å². The number of nitrogens with zero attached hydrogens (tertiary/aromatic N) is 1. The third kappa shape index (κ3) is 5.56. The fraction of sp³-hybridized carbons (Fsp3) is 0.474. The minimum Gasteiger partial charge on any atom is -0.493 e. The molecule has 1 heterocycles. The Morgan fingerprint density at radius 1 is 1.30 bits per heavy atom. The Bertz CT molecular complexity index is 818. The Kier molecular flexibility index (Phi) is 7.41. The molecule has 2 rings (SSSR count). The van der Waals surface area contributed by atoms with E-state index in [9.17, 15) is 9.00 Å². The van der Waals surface area contributed by atoms with Crippen LogP contribution in [0.4, 0.5) is 0 Å². The van der Waals surface area contributed by atoms with Gasteiger partial charge in [0, 0.05) is 22.4 Å². The number of aryl methyl sites for hydroxylation is 1. The third-order valence-electron chi connectivity index (χ3n) is 4.13. The van der Waals surface area contributed by atoms with Gasteiger partial charge in [0.2, 0.25) is 11.8 Å². The van der Waals surface area contributed by atoms with E-state index in [2.05, 4.69) is 10.3 Å². The van der Waals surface area contributed by atoms with Gasteiger partial charge in [-0.3, -0.25) is 9.00 Å². The summed E-state index contributed by atoms with van der Waals surface area (Å²) in [6.45, 7) is 5.66. The number of rotatable bonds is 9. The maximum atomic E-state index is 12.3. The van der Waals surface area contributed by atoms with E-state index >= 15 is 0 Å². The number of methoxy groups -OCH3 is 2. The molecule has 1 aromatic carbocycles. The second-order valence-electron chi connectivity index (χ2n) is 6.20. The van der Waals surface area contributed by atoms with E-state index in [0.717, 1.165) is 12.0 Å². The summed E-state index contributed by atoms with van der Waals surface area (Å²) >= 11 is 0. The number of carbonyl (C=O) groups is 1. The van der Waals surface area contributed by atoms with Crippen molar-refractivity contribution in [3.63, 3.8) is 0 Å². The van der Waals surface area contributed by atoms with Crippen molar-refractivity contribution in [3.05, 3.63) is 29.7 Å². The normalized spacial score (nSPS) is 13.1. The van der Waals surface area contributed by atoms with Crippen LogP contribution in [0.15, 0.2) is 22.6 Å². The van der Waals surface area contributed by atoms with Crippen molar-refractivity contribution in [2.45, 2.75) is 39.0 Å². The van der Waals surface area contributed by atoms with Crippen LogP contribution in [0.5, 0.6) is 11.5 Å². The summed E-state index contributed by atoms with van der Waals surface area (Å²) < 4.78 is 28.5. The highest BCUT2D eigenvalue weighted by molar-refractivity contribution is 7.84. The Morgan fingerprint density at radius 2 is 2.00 bits per heavy atom. The third-order valence-corrected chi connectivity index (χ3v) is 5.31. The van der Waals surface area contributed by atoms with Crippen LogP contribution in [0.3, 0.4) is 0 Å². The molecule has 7 nitrogen and oxygen atoms in total. The minimum atomic E-state index is -1.36. The van der Waals surface area contributed by atoms with Crippen molar-refractivity contribution in [1.82, 2.24) is 10.3 Å². The zero-order valence-corrected chi connectivity index (χ0v) is 17.1. The van der Waals surface area contributed by atoms with Gasteiger partial charge in [-0.25, -0.2) is 4.98 Å². The van der Waals surface area contributed by atoms with E-state index in [4.69, 9.17) is 13.9 Å². The molecule has 0 saturated carbocycles. The molecule has 1 amide bonds. The molecular formula is C19H26N2O5S. The molecule has 148 valence electrons.